The molecule has 0 amide bonds. The Bertz CT molecular complexity index is 919. The van der Waals surface area contributed by atoms with Gasteiger partial charge in [-0.2, -0.15) is 4.98 Å². The van der Waals surface area contributed by atoms with Crippen LogP contribution in [0.15, 0.2) is 39.2 Å². The SMILES string of the molecule is CCNC(=NCc1nc(-c2ccc(Cl)cc2)no1)NCc1nc(C(C)C)cs1. The number of nitrogens with zero attached hydrogens (tertiary/aromatic N) is 4. The van der Waals surface area contributed by atoms with Crippen LogP contribution in [0.25, 0.3) is 11.4 Å². The number of rotatable bonds is 7. The Kier molecular flexibility index (Phi) is 7.00. The van der Waals surface area contributed by atoms with Gasteiger partial charge in [-0.25, -0.2) is 9.98 Å². The topological polar surface area (TPSA) is 88.2 Å². The third-order valence-corrected chi connectivity index (χ3v) is 4.97. The lowest BCUT2D eigenvalue weighted by Crippen LogP contribution is -2.36. The summed E-state index contributed by atoms with van der Waals surface area (Å²) >= 11 is 7.56. The van der Waals surface area contributed by atoms with Gasteiger partial charge in [0.15, 0.2) is 5.96 Å². The molecule has 0 atom stereocenters. The first kappa shape index (κ1) is 20.3. The van der Waals surface area contributed by atoms with E-state index in [0.717, 1.165) is 22.8 Å². The highest BCUT2D eigenvalue weighted by atomic mass is 35.5. The molecule has 28 heavy (non-hydrogen) atoms. The molecule has 0 aliphatic carbocycles. The largest absolute Gasteiger partial charge is 0.357 e. The maximum atomic E-state index is 5.91. The zero-order chi connectivity index (χ0) is 19.9. The Hall–Kier alpha value is -2.45. The van der Waals surface area contributed by atoms with Crippen molar-refractivity contribution in [1.82, 2.24) is 25.8 Å². The highest BCUT2D eigenvalue weighted by Gasteiger charge is 2.09. The number of aliphatic imine (C=N–C) groups is 1. The fourth-order valence-corrected chi connectivity index (χ4v) is 3.38. The summed E-state index contributed by atoms with van der Waals surface area (Å²) in [5, 5.41) is 14.3. The van der Waals surface area contributed by atoms with Crippen LogP contribution in [0.4, 0.5) is 0 Å². The molecule has 0 saturated heterocycles. The quantitative estimate of drug-likeness (QED) is 0.441. The second-order valence-electron chi connectivity index (χ2n) is 6.39. The van der Waals surface area contributed by atoms with Gasteiger partial charge < -0.3 is 15.2 Å². The van der Waals surface area contributed by atoms with E-state index in [1.807, 2.05) is 19.1 Å². The summed E-state index contributed by atoms with van der Waals surface area (Å²) in [4.78, 5) is 13.5. The van der Waals surface area contributed by atoms with Crippen LogP contribution in [0.5, 0.6) is 0 Å². The molecule has 3 aromatic rings. The smallest absolute Gasteiger partial charge is 0.248 e. The minimum Gasteiger partial charge on any atom is -0.357 e. The van der Waals surface area contributed by atoms with E-state index < -0.39 is 0 Å². The molecule has 0 aliphatic heterocycles. The molecule has 0 spiro atoms. The van der Waals surface area contributed by atoms with Gasteiger partial charge in [0.05, 0.1) is 12.2 Å². The summed E-state index contributed by atoms with van der Waals surface area (Å²) in [5.41, 5.74) is 1.96. The zero-order valence-electron chi connectivity index (χ0n) is 16.1. The molecule has 2 N–H and O–H groups in total. The molecule has 2 heterocycles. The lowest BCUT2D eigenvalue weighted by atomic mass is 10.2. The number of hydrogen-bond donors (Lipinski definition) is 2. The standard InChI is InChI=1S/C19H23ClN6OS/c1-4-21-19(23-10-17-24-15(11-28-17)12(2)3)22-9-16-25-18(26-27-16)13-5-7-14(20)8-6-13/h5-8,11-12H,4,9-10H2,1-3H3,(H2,21,22,23). The van der Waals surface area contributed by atoms with Gasteiger partial charge in [-0.05, 0) is 37.1 Å². The number of halogens is 1. The average Bonchev–Trinajstić information content (AvgIpc) is 3.34. The fourth-order valence-electron chi connectivity index (χ4n) is 2.35. The van der Waals surface area contributed by atoms with Crippen molar-refractivity contribution in [2.75, 3.05) is 6.54 Å². The molecule has 148 valence electrons. The summed E-state index contributed by atoms with van der Waals surface area (Å²) in [6, 6.07) is 7.29. The first-order chi connectivity index (χ1) is 13.5. The van der Waals surface area contributed by atoms with Crippen molar-refractivity contribution in [1.29, 1.82) is 0 Å². The van der Waals surface area contributed by atoms with Crippen LogP contribution in [-0.2, 0) is 13.1 Å². The van der Waals surface area contributed by atoms with Gasteiger partial charge in [-0.15, -0.1) is 11.3 Å². The maximum Gasteiger partial charge on any atom is 0.248 e. The van der Waals surface area contributed by atoms with Gasteiger partial charge in [0.1, 0.15) is 11.6 Å². The van der Waals surface area contributed by atoms with Crippen LogP contribution >= 0.6 is 22.9 Å². The number of guanidine groups is 1. The van der Waals surface area contributed by atoms with E-state index in [9.17, 15) is 0 Å². The third kappa shape index (κ3) is 5.53. The summed E-state index contributed by atoms with van der Waals surface area (Å²) < 4.78 is 5.30. The summed E-state index contributed by atoms with van der Waals surface area (Å²) in [5.74, 6) is 2.07. The zero-order valence-corrected chi connectivity index (χ0v) is 17.6. The van der Waals surface area contributed by atoms with Crippen LogP contribution in [0.3, 0.4) is 0 Å². The van der Waals surface area contributed by atoms with Crippen molar-refractivity contribution in [2.45, 2.75) is 39.8 Å². The van der Waals surface area contributed by atoms with E-state index in [1.54, 1.807) is 23.5 Å². The number of thiazole rings is 1. The molecular formula is C19H23ClN6OS. The number of hydrogen-bond acceptors (Lipinski definition) is 6. The minimum absolute atomic E-state index is 0.283. The average molecular weight is 419 g/mol. The number of nitrogens with one attached hydrogen (secondary N) is 2. The Morgan fingerprint density at radius 2 is 2.00 bits per heavy atom. The second-order valence-corrected chi connectivity index (χ2v) is 7.77. The van der Waals surface area contributed by atoms with Crippen molar-refractivity contribution in [3.63, 3.8) is 0 Å². The van der Waals surface area contributed by atoms with Crippen molar-refractivity contribution >= 4 is 28.9 Å². The van der Waals surface area contributed by atoms with E-state index in [4.69, 9.17) is 16.1 Å². The predicted molar refractivity (Wildman–Crippen MR) is 113 cm³/mol. The first-order valence-corrected chi connectivity index (χ1v) is 10.4. The van der Waals surface area contributed by atoms with Crippen molar-refractivity contribution in [3.05, 3.63) is 51.3 Å². The third-order valence-electron chi connectivity index (χ3n) is 3.86. The van der Waals surface area contributed by atoms with E-state index in [-0.39, 0.29) is 6.54 Å². The molecule has 2 aromatic heterocycles. The molecule has 0 saturated carbocycles. The maximum absolute atomic E-state index is 5.91. The Labute approximate surface area is 173 Å². The molecule has 0 bridgehead atoms. The fraction of sp³-hybridized carbons (Fsp3) is 0.368. The van der Waals surface area contributed by atoms with E-state index >= 15 is 0 Å². The Morgan fingerprint density at radius 1 is 1.21 bits per heavy atom. The van der Waals surface area contributed by atoms with Gasteiger partial charge in [0, 0.05) is 22.5 Å². The van der Waals surface area contributed by atoms with E-state index in [1.165, 1.54) is 0 Å². The van der Waals surface area contributed by atoms with Crippen LogP contribution in [0.2, 0.25) is 5.02 Å². The molecule has 0 aliphatic rings. The predicted octanol–water partition coefficient (Wildman–Crippen LogP) is 4.23. The van der Waals surface area contributed by atoms with Crippen LogP contribution < -0.4 is 10.6 Å². The molecular weight excluding hydrogens is 396 g/mol. The molecule has 7 nitrogen and oxygen atoms in total. The van der Waals surface area contributed by atoms with Gasteiger partial charge in [-0.3, -0.25) is 0 Å². The minimum atomic E-state index is 0.283. The lowest BCUT2D eigenvalue weighted by Gasteiger charge is -2.09. The molecule has 3 rings (SSSR count). The summed E-state index contributed by atoms with van der Waals surface area (Å²) in [7, 11) is 0. The highest BCUT2D eigenvalue weighted by Crippen LogP contribution is 2.19. The Morgan fingerprint density at radius 3 is 2.68 bits per heavy atom. The molecule has 9 heteroatoms. The monoisotopic (exact) mass is 418 g/mol. The molecule has 1 aromatic carbocycles. The van der Waals surface area contributed by atoms with Crippen LogP contribution in [0.1, 0.15) is 43.3 Å². The van der Waals surface area contributed by atoms with Crippen molar-refractivity contribution in [2.24, 2.45) is 4.99 Å². The highest BCUT2D eigenvalue weighted by molar-refractivity contribution is 7.09. The van der Waals surface area contributed by atoms with Gasteiger partial charge >= 0.3 is 0 Å². The summed E-state index contributed by atoms with van der Waals surface area (Å²) in [6.45, 7) is 7.94. The summed E-state index contributed by atoms with van der Waals surface area (Å²) in [6.07, 6.45) is 0. The normalized spacial score (nSPS) is 11.8. The Balaban J connectivity index is 1.61. The van der Waals surface area contributed by atoms with Gasteiger partial charge in [-0.1, -0.05) is 30.6 Å². The molecule has 0 radical (unpaired) electrons. The van der Waals surface area contributed by atoms with Gasteiger partial charge in [0.2, 0.25) is 11.7 Å². The van der Waals surface area contributed by atoms with Crippen LogP contribution in [-0.4, -0.2) is 27.6 Å². The number of benzene rings is 1. The van der Waals surface area contributed by atoms with Crippen LogP contribution in [0, 0.1) is 0 Å². The van der Waals surface area contributed by atoms with Crippen molar-refractivity contribution in [3.8, 4) is 11.4 Å². The molecule has 0 unspecified atom stereocenters. The first-order valence-electron chi connectivity index (χ1n) is 9.10. The lowest BCUT2D eigenvalue weighted by molar-refractivity contribution is 0.380. The number of aromatic nitrogens is 3. The van der Waals surface area contributed by atoms with Crippen molar-refractivity contribution < 1.29 is 4.52 Å². The second kappa shape index (κ2) is 9.66. The van der Waals surface area contributed by atoms with E-state index in [2.05, 4.69) is 50.0 Å². The van der Waals surface area contributed by atoms with Gasteiger partial charge in [0.25, 0.3) is 0 Å². The van der Waals surface area contributed by atoms with E-state index in [0.29, 0.717) is 35.2 Å². The molecule has 0 fully saturated rings.